The Morgan fingerprint density at radius 2 is 1.85 bits per heavy atom. The molecule has 7 nitrogen and oxygen atoms in total. The van der Waals surface area contributed by atoms with Crippen LogP contribution in [0.3, 0.4) is 0 Å². The van der Waals surface area contributed by atoms with E-state index in [2.05, 4.69) is 5.32 Å². The molecule has 10 heteroatoms. The van der Waals surface area contributed by atoms with Gasteiger partial charge in [0.1, 0.15) is 9.96 Å². The molecule has 1 aromatic heterocycles. The number of sulfonamides is 1. The first kappa shape index (κ1) is 19.0. The molecule has 0 aliphatic carbocycles. The number of halogens is 1. The fraction of sp³-hybridized carbons (Fsp3) is 0.312. The molecular formula is C16H18ClN3O4S2. The molecule has 1 aliphatic rings. The minimum Gasteiger partial charge on any atom is -0.495 e. The number of para-hydroxylation sites is 2. The first-order valence-electron chi connectivity index (χ1n) is 7.86. The van der Waals surface area contributed by atoms with Crippen LogP contribution in [0, 0.1) is 0 Å². The summed E-state index contributed by atoms with van der Waals surface area (Å²) < 4.78 is 32.4. The molecule has 1 N–H and O–H groups in total. The number of nitrogens with one attached hydrogen (secondary N) is 1. The lowest BCUT2D eigenvalue weighted by Crippen LogP contribution is -2.51. The van der Waals surface area contributed by atoms with Crippen LogP contribution in [-0.2, 0) is 10.0 Å². The van der Waals surface area contributed by atoms with Crippen molar-refractivity contribution in [3.8, 4) is 5.75 Å². The van der Waals surface area contributed by atoms with Crippen LogP contribution >= 0.6 is 22.9 Å². The number of hydrogen-bond donors (Lipinski definition) is 1. The van der Waals surface area contributed by atoms with Crippen molar-refractivity contribution in [2.75, 3.05) is 38.6 Å². The summed E-state index contributed by atoms with van der Waals surface area (Å²) in [7, 11) is -2.04. The number of methoxy groups -OCH3 is 1. The van der Waals surface area contributed by atoms with Gasteiger partial charge in [0.25, 0.3) is 10.0 Å². The van der Waals surface area contributed by atoms with Crippen LogP contribution in [0.25, 0.3) is 0 Å². The predicted octanol–water partition coefficient (Wildman–Crippen LogP) is 2.95. The summed E-state index contributed by atoms with van der Waals surface area (Å²) in [5.74, 6) is 0.566. The normalized spacial score (nSPS) is 15.7. The number of urea groups is 1. The van der Waals surface area contributed by atoms with Crippen LogP contribution in [0.4, 0.5) is 10.5 Å². The lowest BCUT2D eigenvalue weighted by atomic mass is 10.3. The Kier molecular flexibility index (Phi) is 5.71. The van der Waals surface area contributed by atoms with Gasteiger partial charge in [-0.25, -0.2) is 13.2 Å². The van der Waals surface area contributed by atoms with Crippen molar-refractivity contribution < 1.29 is 17.9 Å². The molecule has 0 spiro atoms. The Balaban J connectivity index is 1.62. The molecule has 1 aromatic carbocycles. The van der Waals surface area contributed by atoms with Gasteiger partial charge in [-0.15, -0.1) is 11.3 Å². The minimum absolute atomic E-state index is 0.217. The summed E-state index contributed by atoms with van der Waals surface area (Å²) in [5, 5.41) is 2.80. The highest BCUT2D eigenvalue weighted by Gasteiger charge is 2.31. The summed E-state index contributed by atoms with van der Waals surface area (Å²) >= 11 is 6.87. The van der Waals surface area contributed by atoms with E-state index in [1.807, 2.05) is 6.07 Å². The molecule has 0 radical (unpaired) electrons. The SMILES string of the molecule is COc1ccccc1NC(=O)N1CCN(S(=O)(=O)c2ccc(Cl)s2)CC1. The van der Waals surface area contributed by atoms with Crippen molar-refractivity contribution in [1.29, 1.82) is 0 Å². The van der Waals surface area contributed by atoms with Gasteiger partial charge in [-0.1, -0.05) is 23.7 Å². The third-order valence-corrected chi connectivity index (χ3v) is 7.61. The number of ether oxygens (including phenoxy) is 1. The third-order valence-electron chi connectivity index (χ3n) is 4.02. The van der Waals surface area contributed by atoms with Gasteiger partial charge in [0, 0.05) is 26.2 Å². The zero-order valence-corrected chi connectivity index (χ0v) is 16.4. The Bertz CT molecular complexity index is 892. The summed E-state index contributed by atoms with van der Waals surface area (Å²) in [6, 6.07) is 9.90. The van der Waals surface area contributed by atoms with E-state index in [4.69, 9.17) is 16.3 Å². The van der Waals surface area contributed by atoms with Gasteiger partial charge < -0.3 is 15.0 Å². The molecule has 1 saturated heterocycles. The highest BCUT2D eigenvalue weighted by Crippen LogP contribution is 2.29. The van der Waals surface area contributed by atoms with Crippen LogP contribution in [-0.4, -0.2) is 56.9 Å². The van der Waals surface area contributed by atoms with Crippen molar-refractivity contribution in [3.63, 3.8) is 0 Å². The number of rotatable bonds is 4. The number of amides is 2. The Hall–Kier alpha value is -1.81. The molecule has 1 aliphatic heterocycles. The standard InChI is InChI=1S/C16H18ClN3O4S2/c1-24-13-5-3-2-4-12(13)18-16(21)19-8-10-20(11-9-19)26(22,23)15-7-6-14(17)25-15/h2-7H,8-11H2,1H3,(H,18,21). The van der Waals surface area contributed by atoms with Crippen molar-refractivity contribution in [1.82, 2.24) is 9.21 Å². The molecule has 26 heavy (non-hydrogen) atoms. The highest BCUT2D eigenvalue weighted by atomic mass is 35.5. The Morgan fingerprint density at radius 3 is 2.46 bits per heavy atom. The minimum atomic E-state index is -3.57. The van der Waals surface area contributed by atoms with Crippen LogP contribution in [0.2, 0.25) is 4.34 Å². The second kappa shape index (κ2) is 7.83. The highest BCUT2D eigenvalue weighted by molar-refractivity contribution is 7.91. The van der Waals surface area contributed by atoms with Gasteiger partial charge in [0.05, 0.1) is 17.1 Å². The average Bonchev–Trinajstić information content (AvgIpc) is 3.09. The fourth-order valence-electron chi connectivity index (χ4n) is 2.64. The first-order valence-corrected chi connectivity index (χ1v) is 10.5. The summed E-state index contributed by atoms with van der Waals surface area (Å²) in [5.41, 5.74) is 0.572. The van der Waals surface area contributed by atoms with Gasteiger partial charge >= 0.3 is 6.03 Å². The fourth-order valence-corrected chi connectivity index (χ4v) is 5.70. The number of hydrogen-bond acceptors (Lipinski definition) is 5. The van der Waals surface area contributed by atoms with Crippen molar-refractivity contribution in [2.45, 2.75) is 4.21 Å². The van der Waals surface area contributed by atoms with E-state index in [1.165, 1.54) is 17.5 Å². The Labute approximate surface area is 161 Å². The molecule has 2 amide bonds. The van der Waals surface area contributed by atoms with Crippen LogP contribution in [0.15, 0.2) is 40.6 Å². The zero-order valence-electron chi connectivity index (χ0n) is 14.0. The topological polar surface area (TPSA) is 79.0 Å². The maximum Gasteiger partial charge on any atom is 0.322 e. The maximum atomic E-state index is 12.6. The van der Waals surface area contributed by atoms with E-state index < -0.39 is 10.0 Å². The van der Waals surface area contributed by atoms with Gasteiger partial charge in [0.15, 0.2) is 0 Å². The van der Waals surface area contributed by atoms with E-state index in [0.29, 0.717) is 28.9 Å². The lowest BCUT2D eigenvalue weighted by Gasteiger charge is -2.33. The van der Waals surface area contributed by atoms with Gasteiger partial charge in [-0.3, -0.25) is 0 Å². The number of anilines is 1. The second-order valence-corrected chi connectivity index (χ2v) is 9.46. The van der Waals surface area contributed by atoms with E-state index in [0.717, 1.165) is 11.3 Å². The van der Waals surface area contributed by atoms with Crippen LogP contribution < -0.4 is 10.1 Å². The number of carbonyl (C=O) groups is 1. The van der Waals surface area contributed by atoms with Crippen molar-refractivity contribution >= 4 is 44.7 Å². The lowest BCUT2D eigenvalue weighted by molar-refractivity contribution is 0.184. The monoisotopic (exact) mass is 415 g/mol. The second-order valence-electron chi connectivity index (χ2n) is 5.58. The van der Waals surface area contributed by atoms with Gasteiger partial charge in [-0.2, -0.15) is 4.31 Å². The van der Waals surface area contributed by atoms with Crippen LogP contribution in [0.1, 0.15) is 0 Å². The molecule has 0 unspecified atom stereocenters. The van der Waals surface area contributed by atoms with Crippen molar-refractivity contribution in [3.05, 3.63) is 40.7 Å². The van der Waals surface area contributed by atoms with Gasteiger partial charge in [-0.05, 0) is 24.3 Å². The Morgan fingerprint density at radius 1 is 1.15 bits per heavy atom. The molecule has 2 aromatic rings. The molecule has 3 rings (SSSR count). The number of carbonyl (C=O) groups excluding carboxylic acids is 1. The van der Waals surface area contributed by atoms with Crippen LogP contribution in [0.5, 0.6) is 5.75 Å². The summed E-state index contributed by atoms with van der Waals surface area (Å²) in [6.45, 7) is 1.08. The zero-order chi connectivity index (χ0) is 18.7. The molecule has 2 heterocycles. The van der Waals surface area contributed by atoms with E-state index in [9.17, 15) is 13.2 Å². The van der Waals surface area contributed by atoms with E-state index in [-0.39, 0.29) is 23.3 Å². The molecule has 0 bridgehead atoms. The molecule has 0 saturated carbocycles. The predicted molar refractivity (Wildman–Crippen MR) is 102 cm³/mol. The number of benzene rings is 1. The molecular weight excluding hydrogens is 398 g/mol. The maximum absolute atomic E-state index is 12.6. The molecule has 1 fully saturated rings. The summed E-state index contributed by atoms with van der Waals surface area (Å²) in [6.07, 6.45) is 0. The number of thiophene rings is 1. The third kappa shape index (κ3) is 3.96. The first-order chi connectivity index (χ1) is 12.4. The molecule has 140 valence electrons. The average molecular weight is 416 g/mol. The van der Waals surface area contributed by atoms with E-state index in [1.54, 1.807) is 29.2 Å². The van der Waals surface area contributed by atoms with Gasteiger partial charge in [0.2, 0.25) is 0 Å². The number of piperazine rings is 1. The summed E-state index contributed by atoms with van der Waals surface area (Å²) in [4.78, 5) is 14.0. The number of nitrogens with zero attached hydrogens (tertiary/aromatic N) is 2. The molecule has 0 atom stereocenters. The smallest absolute Gasteiger partial charge is 0.322 e. The van der Waals surface area contributed by atoms with Crippen molar-refractivity contribution in [2.24, 2.45) is 0 Å². The quantitative estimate of drug-likeness (QED) is 0.832. The largest absolute Gasteiger partial charge is 0.495 e. The van der Waals surface area contributed by atoms with E-state index >= 15 is 0 Å².